The number of hydrogen-bond acceptors (Lipinski definition) is 5. The summed E-state index contributed by atoms with van der Waals surface area (Å²) in [7, 11) is 0. The molecule has 0 unspecified atom stereocenters. The van der Waals surface area contributed by atoms with Crippen LogP contribution in [0.5, 0.6) is 0 Å². The van der Waals surface area contributed by atoms with Crippen LogP contribution in [0, 0.1) is 6.92 Å². The molecule has 0 aliphatic heterocycles. The van der Waals surface area contributed by atoms with Gasteiger partial charge in [-0.25, -0.2) is 9.59 Å². The molecule has 1 atom stereocenters. The summed E-state index contributed by atoms with van der Waals surface area (Å²) in [5.74, 6) is -0.952. The van der Waals surface area contributed by atoms with Crippen molar-refractivity contribution in [3.05, 3.63) is 17.0 Å². The average molecular weight is 270 g/mol. The Labute approximate surface area is 110 Å². The minimum Gasteiger partial charge on any atom is -0.477 e. The van der Waals surface area contributed by atoms with E-state index in [0.29, 0.717) is 0 Å². The van der Waals surface area contributed by atoms with Crippen molar-refractivity contribution in [2.75, 3.05) is 0 Å². The summed E-state index contributed by atoms with van der Waals surface area (Å²) in [6, 6.07) is -0.626. The lowest BCUT2D eigenvalue weighted by Gasteiger charge is -2.21. The van der Waals surface area contributed by atoms with Crippen molar-refractivity contribution in [2.24, 2.45) is 0 Å². The number of carbonyl (C=O) groups excluding carboxylic acids is 1. The summed E-state index contributed by atoms with van der Waals surface area (Å²) < 4.78 is 9.92. The summed E-state index contributed by atoms with van der Waals surface area (Å²) in [5, 5.41) is 15.2. The van der Waals surface area contributed by atoms with Crippen molar-refractivity contribution < 1.29 is 24.0 Å². The normalized spacial score (nSPS) is 12.9. The molecule has 0 radical (unpaired) electrons. The van der Waals surface area contributed by atoms with Gasteiger partial charge in [-0.3, -0.25) is 0 Å². The Kier molecular flexibility index (Phi) is 4.18. The summed E-state index contributed by atoms with van der Waals surface area (Å²) in [6.45, 7) is 8.31. The van der Waals surface area contributed by atoms with Crippen LogP contribution in [0.4, 0.5) is 4.79 Å². The van der Waals surface area contributed by atoms with Gasteiger partial charge in [0, 0.05) is 0 Å². The van der Waals surface area contributed by atoms with Crippen molar-refractivity contribution in [1.82, 2.24) is 10.5 Å². The van der Waals surface area contributed by atoms with Gasteiger partial charge >= 0.3 is 12.1 Å². The second kappa shape index (κ2) is 5.29. The van der Waals surface area contributed by atoms with Crippen molar-refractivity contribution in [3.8, 4) is 0 Å². The molecule has 0 aliphatic carbocycles. The van der Waals surface area contributed by atoms with Crippen molar-refractivity contribution in [2.45, 2.75) is 46.3 Å². The molecule has 0 saturated heterocycles. The van der Waals surface area contributed by atoms with Crippen molar-refractivity contribution in [3.63, 3.8) is 0 Å². The van der Waals surface area contributed by atoms with Crippen LogP contribution in [-0.4, -0.2) is 27.9 Å². The third-order valence-corrected chi connectivity index (χ3v) is 2.25. The molecule has 7 heteroatoms. The van der Waals surface area contributed by atoms with Gasteiger partial charge in [0.15, 0.2) is 0 Å². The molecule has 0 aromatic carbocycles. The van der Waals surface area contributed by atoms with Gasteiger partial charge < -0.3 is 19.7 Å². The predicted molar refractivity (Wildman–Crippen MR) is 66.0 cm³/mol. The number of nitrogens with zero attached hydrogens (tertiary/aromatic N) is 1. The van der Waals surface area contributed by atoms with E-state index in [1.807, 2.05) is 0 Å². The Hall–Kier alpha value is -2.05. The lowest BCUT2D eigenvalue weighted by molar-refractivity contribution is 0.0503. The highest BCUT2D eigenvalue weighted by atomic mass is 16.6. The van der Waals surface area contributed by atoms with Crippen LogP contribution in [0.25, 0.3) is 0 Å². The number of carbonyl (C=O) groups is 2. The van der Waals surface area contributed by atoms with Gasteiger partial charge in [0.2, 0.25) is 0 Å². The number of rotatable bonds is 3. The number of carboxylic acid groups (broad SMARTS) is 1. The van der Waals surface area contributed by atoms with E-state index in [0.717, 1.165) is 0 Å². The van der Waals surface area contributed by atoms with Crippen LogP contribution in [-0.2, 0) is 4.74 Å². The summed E-state index contributed by atoms with van der Waals surface area (Å²) in [4.78, 5) is 22.7. The molecule has 0 spiro atoms. The third-order valence-electron chi connectivity index (χ3n) is 2.25. The third kappa shape index (κ3) is 3.97. The van der Waals surface area contributed by atoms with Crippen LogP contribution < -0.4 is 5.32 Å². The SMILES string of the molecule is Cc1onc([C@H](C)NC(=O)OC(C)(C)C)c1C(=O)O. The molecule has 2 N–H and O–H groups in total. The van der Waals surface area contributed by atoms with Gasteiger partial charge in [0.25, 0.3) is 0 Å². The highest BCUT2D eigenvalue weighted by Crippen LogP contribution is 2.20. The number of nitrogens with one attached hydrogen (secondary N) is 1. The average Bonchev–Trinajstić information content (AvgIpc) is 2.56. The summed E-state index contributed by atoms with van der Waals surface area (Å²) >= 11 is 0. The quantitative estimate of drug-likeness (QED) is 0.873. The zero-order valence-electron chi connectivity index (χ0n) is 11.6. The van der Waals surface area contributed by atoms with E-state index in [-0.39, 0.29) is 17.0 Å². The van der Waals surface area contributed by atoms with Crippen LogP contribution in [0.2, 0.25) is 0 Å². The zero-order chi connectivity index (χ0) is 14.8. The summed E-state index contributed by atoms with van der Waals surface area (Å²) in [5.41, 5.74) is -0.501. The minimum absolute atomic E-state index is 0.0384. The maximum absolute atomic E-state index is 11.6. The molecule has 0 aliphatic rings. The smallest absolute Gasteiger partial charge is 0.408 e. The van der Waals surface area contributed by atoms with E-state index >= 15 is 0 Å². The molecule has 1 amide bonds. The first-order valence-corrected chi connectivity index (χ1v) is 5.81. The Bertz CT molecular complexity index is 487. The van der Waals surface area contributed by atoms with Crippen LogP contribution in [0.1, 0.15) is 55.5 Å². The second-order valence-corrected chi connectivity index (χ2v) is 5.17. The number of amides is 1. The molecule has 7 nitrogen and oxygen atoms in total. The highest BCUT2D eigenvalue weighted by Gasteiger charge is 2.26. The molecule has 1 aromatic heterocycles. The Morgan fingerprint density at radius 1 is 1.42 bits per heavy atom. The monoisotopic (exact) mass is 270 g/mol. The fourth-order valence-corrected chi connectivity index (χ4v) is 1.50. The van der Waals surface area contributed by atoms with Gasteiger partial charge in [-0.1, -0.05) is 5.16 Å². The fraction of sp³-hybridized carbons (Fsp3) is 0.583. The molecule has 0 saturated carbocycles. The predicted octanol–water partition coefficient (Wildman–Crippen LogP) is 2.27. The van der Waals surface area contributed by atoms with Gasteiger partial charge in [0.05, 0.1) is 6.04 Å². The van der Waals surface area contributed by atoms with Crippen molar-refractivity contribution >= 4 is 12.1 Å². The number of aromatic nitrogens is 1. The van der Waals surface area contributed by atoms with Gasteiger partial charge in [0.1, 0.15) is 22.6 Å². The molecule has 0 bridgehead atoms. The molecular weight excluding hydrogens is 252 g/mol. The maximum atomic E-state index is 11.6. The number of alkyl carbamates (subject to hydrolysis) is 1. The molecule has 19 heavy (non-hydrogen) atoms. The van der Waals surface area contributed by atoms with Crippen LogP contribution in [0.3, 0.4) is 0 Å². The van der Waals surface area contributed by atoms with Gasteiger partial charge in [-0.15, -0.1) is 0 Å². The molecule has 1 rings (SSSR count). The first-order chi connectivity index (χ1) is 8.61. The molecule has 0 fully saturated rings. The van der Waals surface area contributed by atoms with E-state index in [1.165, 1.54) is 6.92 Å². The van der Waals surface area contributed by atoms with E-state index in [9.17, 15) is 9.59 Å². The molecule has 106 valence electrons. The first-order valence-electron chi connectivity index (χ1n) is 5.81. The minimum atomic E-state index is -1.15. The molecular formula is C12H18N2O5. The van der Waals surface area contributed by atoms with Gasteiger partial charge in [-0.05, 0) is 34.6 Å². The van der Waals surface area contributed by atoms with Crippen LogP contribution in [0.15, 0.2) is 4.52 Å². The Morgan fingerprint density at radius 3 is 2.47 bits per heavy atom. The Morgan fingerprint density at radius 2 is 2.00 bits per heavy atom. The molecule has 1 aromatic rings. The number of ether oxygens (including phenoxy) is 1. The topological polar surface area (TPSA) is 102 Å². The zero-order valence-corrected chi connectivity index (χ0v) is 11.6. The van der Waals surface area contributed by atoms with E-state index in [4.69, 9.17) is 14.4 Å². The number of aromatic carboxylic acids is 1. The number of hydrogen-bond donors (Lipinski definition) is 2. The van der Waals surface area contributed by atoms with E-state index in [1.54, 1.807) is 27.7 Å². The Balaban J connectivity index is 2.82. The lowest BCUT2D eigenvalue weighted by Crippen LogP contribution is -2.34. The second-order valence-electron chi connectivity index (χ2n) is 5.17. The maximum Gasteiger partial charge on any atom is 0.408 e. The van der Waals surface area contributed by atoms with Crippen molar-refractivity contribution in [1.29, 1.82) is 0 Å². The van der Waals surface area contributed by atoms with Gasteiger partial charge in [-0.2, -0.15) is 0 Å². The fourth-order valence-electron chi connectivity index (χ4n) is 1.50. The first kappa shape index (κ1) is 15.0. The van der Waals surface area contributed by atoms with E-state index < -0.39 is 23.7 Å². The molecule has 1 heterocycles. The lowest BCUT2D eigenvalue weighted by atomic mass is 10.1. The highest BCUT2D eigenvalue weighted by molar-refractivity contribution is 5.90. The largest absolute Gasteiger partial charge is 0.477 e. The number of carboxylic acids is 1. The van der Waals surface area contributed by atoms with Crippen LogP contribution >= 0.6 is 0 Å². The number of aryl methyl sites for hydroxylation is 1. The standard InChI is InChI=1S/C12H18N2O5/c1-6(13-11(17)18-12(3,4)5)9-8(10(15)16)7(2)19-14-9/h6H,1-5H3,(H,13,17)(H,15,16)/t6-/m0/s1. The van der Waals surface area contributed by atoms with E-state index in [2.05, 4.69) is 10.5 Å². The summed E-state index contributed by atoms with van der Waals surface area (Å²) in [6.07, 6.45) is -0.642.